The summed E-state index contributed by atoms with van der Waals surface area (Å²) in [5, 5.41) is 6.70. The number of rotatable bonds is 3. The fraction of sp³-hybridized carbons (Fsp3) is 0.250. The maximum absolute atomic E-state index is 4.92. The SMILES string of the molecule is Cc1noc(CNc2ccncn2)n1. The van der Waals surface area contributed by atoms with E-state index in [0.29, 0.717) is 18.3 Å². The van der Waals surface area contributed by atoms with Crippen molar-refractivity contribution in [2.24, 2.45) is 0 Å². The summed E-state index contributed by atoms with van der Waals surface area (Å²) in [6.07, 6.45) is 3.13. The van der Waals surface area contributed by atoms with Crippen LogP contribution >= 0.6 is 0 Å². The van der Waals surface area contributed by atoms with Gasteiger partial charge in [0.2, 0.25) is 5.89 Å². The predicted molar refractivity (Wildman–Crippen MR) is 48.4 cm³/mol. The third-order valence-corrected chi connectivity index (χ3v) is 1.57. The van der Waals surface area contributed by atoms with E-state index in [1.807, 2.05) is 0 Å². The van der Waals surface area contributed by atoms with Crippen LogP contribution in [0.2, 0.25) is 0 Å². The molecule has 6 heteroatoms. The molecule has 1 N–H and O–H groups in total. The highest BCUT2D eigenvalue weighted by Crippen LogP contribution is 2.02. The van der Waals surface area contributed by atoms with Crippen molar-refractivity contribution < 1.29 is 4.52 Å². The van der Waals surface area contributed by atoms with Crippen LogP contribution in [0.1, 0.15) is 11.7 Å². The Morgan fingerprint density at radius 3 is 3.07 bits per heavy atom. The van der Waals surface area contributed by atoms with Crippen molar-refractivity contribution in [1.29, 1.82) is 0 Å². The zero-order chi connectivity index (χ0) is 9.80. The fourth-order valence-electron chi connectivity index (χ4n) is 0.973. The van der Waals surface area contributed by atoms with Gasteiger partial charge in [-0.2, -0.15) is 4.98 Å². The van der Waals surface area contributed by atoms with Crippen molar-refractivity contribution in [3.8, 4) is 0 Å². The van der Waals surface area contributed by atoms with Crippen LogP contribution in [0.25, 0.3) is 0 Å². The average Bonchev–Trinajstić information content (AvgIpc) is 2.63. The topological polar surface area (TPSA) is 76.7 Å². The second-order valence-corrected chi connectivity index (χ2v) is 2.68. The zero-order valence-corrected chi connectivity index (χ0v) is 7.64. The smallest absolute Gasteiger partial charge is 0.245 e. The lowest BCUT2D eigenvalue weighted by Gasteiger charge is -1.99. The van der Waals surface area contributed by atoms with Crippen molar-refractivity contribution >= 4 is 5.82 Å². The van der Waals surface area contributed by atoms with E-state index in [1.165, 1.54) is 6.33 Å². The van der Waals surface area contributed by atoms with Gasteiger partial charge >= 0.3 is 0 Å². The van der Waals surface area contributed by atoms with Crippen molar-refractivity contribution in [2.75, 3.05) is 5.32 Å². The van der Waals surface area contributed by atoms with E-state index in [9.17, 15) is 0 Å². The van der Waals surface area contributed by atoms with Gasteiger partial charge in [0.05, 0.1) is 6.54 Å². The lowest BCUT2D eigenvalue weighted by atomic mass is 10.5. The number of aryl methyl sites for hydroxylation is 1. The molecule has 0 unspecified atom stereocenters. The normalized spacial score (nSPS) is 10.1. The molecule has 0 bridgehead atoms. The Morgan fingerprint density at radius 1 is 1.50 bits per heavy atom. The quantitative estimate of drug-likeness (QED) is 0.772. The van der Waals surface area contributed by atoms with E-state index >= 15 is 0 Å². The highest BCUT2D eigenvalue weighted by molar-refractivity contribution is 5.31. The lowest BCUT2D eigenvalue weighted by molar-refractivity contribution is 0.379. The minimum Gasteiger partial charge on any atom is -0.361 e. The summed E-state index contributed by atoms with van der Waals surface area (Å²) in [5.74, 6) is 1.90. The number of nitrogens with one attached hydrogen (secondary N) is 1. The third-order valence-electron chi connectivity index (χ3n) is 1.57. The Kier molecular flexibility index (Phi) is 2.35. The molecule has 2 rings (SSSR count). The molecule has 0 saturated carbocycles. The van der Waals surface area contributed by atoms with Crippen LogP contribution < -0.4 is 5.32 Å². The minimum absolute atomic E-state index is 0.470. The molecule has 0 radical (unpaired) electrons. The number of hydrogen-bond acceptors (Lipinski definition) is 6. The summed E-state index contributed by atoms with van der Waals surface area (Å²) in [7, 11) is 0. The molecule has 0 aliphatic carbocycles. The van der Waals surface area contributed by atoms with E-state index in [0.717, 1.165) is 5.82 Å². The van der Waals surface area contributed by atoms with Gasteiger partial charge in [0, 0.05) is 6.20 Å². The van der Waals surface area contributed by atoms with Crippen LogP contribution in [0.4, 0.5) is 5.82 Å². The van der Waals surface area contributed by atoms with E-state index in [2.05, 4.69) is 25.4 Å². The largest absolute Gasteiger partial charge is 0.361 e. The molecule has 0 amide bonds. The van der Waals surface area contributed by atoms with Gasteiger partial charge in [0.1, 0.15) is 12.1 Å². The molecule has 0 aliphatic heterocycles. The molecule has 0 saturated heterocycles. The second kappa shape index (κ2) is 3.82. The predicted octanol–water partition coefficient (Wildman–Crippen LogP) is 0.780. The first-order valence-corrected chi connectivity index (χ1v) is 4.13. The highest BCUT2D eigenvalue weighted by atomic mass is 16.5. The molecule has 2 heterocycles. The van der Waals surface area contributed by atoms with Crippen LogP contribution in [0.3, 0.4) is 0 Å². The van der Waals surface area contributed by atoms with Gasteiger partial charge in [-0.25, -0.2) is 9.97 Å². The van der Waals surface area contributed by atoms with Crippen LogP contribution in [-0.4, -0.2) is 20.1 Å². The third kappa shape index (κ3) is 2.03. The maximum Gasteiger partial charge on any atom is 0.245 e. The van der Waals surface area contributed by atoms with Crippen molar-refractivity contribution in [3.05, 3.63) is 30.3 Å². The van der Waals surface area contributed by atoms with Crippen LogP contribution in [0.15, 0.2) is 23.1 Å². The standard InChI is InChI=1S/C8H9N5O/c1-6-12-8(14-13-6)4-10-7-2-3-9-5-11-7/h2-3,5H,4H2,1H3,(H,9,10,11). The van der Waals surface area contributed by atoms with E-state index < -0.39 is 0 Å². The zero-order valence-electron chi connectivity index (χ0n) is 7.64. The number of anilines is 1. The summed E-state index contributed by atoms with van der Waals surface area (Å²) in [4.78, 5) is 11.8. The number of aromatic nitrogens is 4. The Labute approximate surface area is 80.4 Å². The molecule has 0 aliphatic rings. The Bertz CT molecular complexity index is 399. The summed E-state index contributed by atoms with van der Waals surface area (Å²) in [5.41, 5.74) is 0. The second-order valence-electron chi connectivity index (χ2n) is 2.68. The minimum atomic E-state index is 0.470. The van der Waals surface area contributed by atoms with Crippen LogP contribution in [0.5, 0.6) is 0 Å². The molecule has 72 valence electrons. The highest BCUT2D eigenvalue weighted by Gasteiger charge is 2.01. The number of hydrogen-bond donors (Lipinski definition) is 1. The molecule has 6 nitrogen and oxygen atoms in total. The fourth-order valence-corrected chi connectivity index (χ4v) is 0.973. The average molecular weight is 191 g/mol. The van der Waals surface area contributed by atoms with E-state index in [-0.39, 0.29) is 0 Å². The van der Waals surface area contributed by atoms with Crippen LogP contribution in [0, 0.1) is 6.92 Å². The first-order chi connectivity index (χ1) is 6.84. The first-order valence-electron chi connectivity index (χ1n) is 4.13. The molecular weight excluding hydrogens is 182 g/mol. The molecule has 2 aromatic rings. The number of nitrogens with zero attached hydrogens (tertiary/aromatic N) is 4. The Hall–Kier alpha value is -1.98. The van der Waals surface area contributed by atoms with Crippen molar-refractivity contribution in [2.45, 2.75) is 13.5 Å². The maximum atomic E-state index is 4.92. The van der Waals surface area contributed by atoms with E-state index in [4.69, 9.17) is 4.52 Å². The monoisotopic (exact) mass is 191 g/mol. The van der Waals surface area contributed by atoms with Gasteiger partial charge in [-0.05, 0) is 13.0 Å². The summed E-state index contributed by atoms with van der Waals surface area (Å²) < 4.78 is 4.92. The molecule has 0 spiro atoms. The Morgan fingerprint density at radius 2 is 2.43 bits per heavy atom. The van der Waals surface area contributed by atoms with Gasteiger partial charge in [0.15, 0.2) is 5.82 Å². The molecular formula is C8H9N5O. The first kappa shape index (κ1) is 8.61. The Balaban J connectivity index is 1.95. The van der Waals surface area contributed by atoms with Gasteiger partial charge in [-0.1, -0.05) is 5.16 Å². The molecule has 0 aromatic carbocycles. The molecule has 2 aromatic heterocycles. The van der Waals surface area contributed by atoms with Crippen molar-refractivity contribution in [1.82, 2.24) is 20.1 Å². The van der Waals surface area contributed by atoms with Gasteiger partial charge in [-0.3, -0.25) is 0 Å². The molecule has 0 fully saturated rings. The molecule has 14 heavy (non-hydrogen) atoms. The van der Waals surface area contributed by atoms with Gasteiger partial charge in [-0.15, -0.1) is 0 Å². The van der Waals surface area contributed by atoms with E-state index in [1.54, 1.807) is 19.2 Å². The molecule has 0 atom stereocenters. The van der Waals surface area contributed by atoms with Gasteiger partial charge < -0.3 is 9.84 Å². The van der Waals surface area contributed by atoms with Gasteiger partial charge in [0.25, 0.3) is 0 Å². The summed E-state index contributed by atoms with van der Waals surface area (Å²) in [6, 6.07) is 1.77. The lowest BCUT2D eigenvalue weighted by Crippen LogP contribution is -2.01. The van der Waals surface area contributed by atoms with Crippen LogP contribution in [-0.2, 0) is 6.54 Å². The summed E-state index contributed by atoms with van der Waals surface area (Å²) in [6.45, 7) is 2.25. The van der Waals surface area contributed by atoms with Crippen molar-refractivity contribution in [3.63, 3.8) is 0 Å². The summed E-state index contributed by atoms with van der Waals surface area (Å²) >= 11 is 0.